The fourth-order valence-corrected chi connectivity index (χ4v) is 10.6. The van der Waals surface area contributed by atoms with Gasteiger partial charge in [-0.15, -0.1) is 0 Å². The minimum atomic E-state index is -4.92. The molecule has 14 nitrogen and oxygen atoms in total. The van der Waals surface area contributed by atoms with Crippen molar-refractivity contribution in [1.82, 2.24) is 19.1 Å². The maximum atomic E-state index is 13.4. The molecule has 0 saturated carbocycles. The van der Waals surface area contributed by atoms with E-state index in [-0.39, 0.29) is 25.9 Å². The second-order valence-electron chi connectivity index (χ2n) is 8.87. The Morgan fingerprint density at radius 2 is 1.00 bits per heavy atom. The molecule has 4 rings (SSSR count). The minimum absolute atomic E-state index is 0.110. The number of nitrogens with one attached hydrogen (secondary N) is 2. The van der Waals surface area contributed by atoms with Gasteiger partial charge in [-0.2, -0.15) is 0 Å². The van der Waals surface area contributed by atoms with Gasteiger partial charge in [0.1, 0.15) is 0 Å². The van der Waals surface area contributed by atoms with Crippen molar-refractivity contribution in [2.75, 3.05) is 14.2 Å². The van der Waals surface area contributed by atoms with Crippen LogP contribution in [0.15, 0.2) is 92.2 Å². The molecule has 2 aromatic carbocycles. The topological polar surface area (TPSA) is 181 Å². The SMILES string of the molecule is COc1ccc([Te](OC(=O)CCn2ccc(=O)[nH]c2=O)(OC(=O)CCn2ccc(=O)[nH]c2=O)c2ccc(OC)cc2)cc1. The number of carbonyl (C=O) groups excluding carboxylic acids is 2. The van der Waals surface area contributed by atoms with Gasteiger partial charge in [-0.3, -0.25) is 0 Å². The second kappa shape index (κ2) is 13.9. The van der Waals surface area contributed by atoms with Gasteiger partial charge in [0.2, 0.25) is 0 Å². The summed E-state index contributed by atoms with van der Waals surface area (Å²) in [6, 6.07) is 15.4. The number of hydrogen-bond acceptors (Lipinski definition) is 10. The van der Waals surface area contributed by atoms with E-state index in [1.54, 1.807) is 48.5 Å². The number of aryl methyl sites for hydroxylation is 2. The van der Waals surface area contributed by atoms with Gasteiger partial charge in [-0.25, -0.2) is 0 Å². The summed E-state index contributed by atoms with van der Waals surface area (Å²) in [5.74, 6) is -0.475. The van der Waals surface area contributed by atoms with Crippen LogP contribution >= 0.6 is 0 Å². The van der Waals surface area contributed by atoms with Crippen LogP contribution in [-0.2, 0) is 28.9 Å². The Kier molecular flexibility index (Phi) is 10.0. The maximum absolute atomic E-state index is 13.4. The molecule has 4 aromatic rings. The first-order valence-corrected chi connectivity index (χ1v) is 17.0. The van der Waals surface area contributed by atoms with Crippen LogP contribution in [-0.4, -0.2) is 64.3 Å². The van der Waals surface area contributed by atoms with Gasteiger partial charge >= 0.3 is 249 Å². The van der Waals surface area contributed by atoms with E-state index in [1.165, 1.54) is 26.6 Å². The molecule has 0 atom stereocenters. The Morgan fingerprint density at radius 1 is 0.628 bits per heavy atom. The van der Waals surface area contributed by atoms with E-state index in [9.17, 15) is 28.8 Å². The molecule has 2 heterocycles. The van der Waals surface area contributed by atoms with Crippen molar-refractivity contribution < 1.29 is 25.3 Å². The van der Waals surface area contributed by atoms with Crippen molar-refractivity contribution in [3.63, 3.8) is 0 Å². The van der Waals surface area contributed by atoms with Gasteiger partial charge in [-0.1, -0.05) is 0 Å². The summed E-state index contributed by atoms with van der Waals surface area (Å²) in [7, 11) is 2.98. The van der Waals surface area contributed by atoms with E-state index >= 15 is 0 Å². The molecule has 0 amide bonds. The molecule has 0 fully saturated rings. The number of hydrogen-bond donors (Lipinski definition) is 2. The number of methoxy groups -OCH3 is 2. The molecular formula is C28H28N4O10Te. The Hall–Kier alpha value is -4.87. The zero-order valence-corrected chi connectivity index (χ0v) is 25.5. The second-order valence-corrected chi connectivity index (χ2v) is 15.4. The third-order valence-corrected chi connectivity index (χ3v) is 13.6. The quantitative estimate of drug-likeness (QED) is 0.178. The summed E-state index contributed by atoms with van der Waals surface area (Å²) in [5, 5.41) is 0. The summed E-state index contributed by atoms with van der Waals surface area (Å²) >= 11 is -4.92. The summed E-state index contributed by atoms with van der Waals surface area (Å²) < 4.78 is 26.0. The van der Waals surface area contributed by atoms with Crippen LogP contribution < -0.4 is 39.2 Å². The summed E-state index contributed by atoms with van der Waals surface area (Å²) in [4.78, 5) is 78.0. The fourth-order valence-electron chi connectivity index (χ4n) is 3.86. The zero-order chi connectivity index (χ0) is 31.0. The number of carbonyl (C=O) groups is 2. The van der Waals surface area contributed by atoms with E-state index in [1.807, 2.05) is 0 Å². The predicted molar refractivity (Wildman–Crippen MR) is 155 cm³/mol. The van der Waals surface area contributed by atoms with E-state index in [4.69, 9.17) is 15.7 Å². The van der Waals surface area contributed by atoms with Crippen LogP contribution in [0.4, 0.5) is 0 Å². The zero-order valence-electron chi connectivity index (χ0n) is 23.1. The average Bonchev–Trinajstić information content (AvgIpc) is 3.00. The molecule has 43 heavy (non-hydrogen) atoms. The van der Waals surface area contributed by atoms with Gasteiger partial charge in [-0.05, 0) is 0 Å². The fraction of sp³-hybridized carbons (Fsp3) is 0.214. The van der Waals surface area contributed by atoms with Crippen LogP contribution in [0.1, 0.15) is 12.8 Å². The Morgan fingerprint density at radius 3 is 1.33 bits per heavy atom. The van der Waals surface area contributed by atoms with Crippen LogP contribution in [0.25, 0.3) is 0 Å². The van der Waals surface area contributed by atoms with Gasteiger partial charge in [0.15, 0.2) is 0 Å². The van der Waals surface area contributed by atoms with Crippen LogP contribution in [0.3, 0.4) is 0 Å². The van der Waals surface area contributed by atoms with Crippen LogP contribution in [0.5, 0.6) is 11.5 Å². The molecule has 0 aliphatic rings. The van der Waals surface area contributed by atoms with E-state index in [0.29, 0.717) is 18.7 Å². The standard InChI is InChI=1S/C28H28N4O10Te/c1-39-19-3-7-21(8-4-19)43(22-9-5-20(40-2)6-10-22,41-25(35)13-17-31-15-11-23(33)29-27(31)37)42-26(36)14-18-32-16-12-24(34)30-28(32)38/h3-12,15-16H,13-14,17-18H2,1-2H3,(H,29,33,37)(H,30,34,38). The molecule has 0 radical (unpaired) electrons. The van der Waals surface area contributed by atoms with Crippen molar-refractivity contribution in [3.8, 4) is 11.5 Å². The molecular weight excluding hydrogens is 680 g/mol. The van der Waals surface area contributed by atoms with Crippen LogP contribution in [0, 0.1) is 0 Å². The van der Waals surface area contributed by atoms with Crippen molar-refractivity contribution >= 4 is 38.2 Å². The Balaban J connectivity index is 1.71. The number of aromatic amines is 2. The first-order chi connectivity index (χ1) is 20.6. The van der Waals surface area contributed by atoms with Gasteiger partial charge in [0.25, 0.3) is 0 Å². The third-order valence-electron chi connectivity index (χ3n) is 6.07. The summed E-state index contributed by atoms with van der Waals surface area (Å²) in [5.41, 5.74) is -2.54. The number of ether oxygens (including phenoxy) is 2. The van der Waals surface area contributed by atoms with E-state index in [0.717, 1.165) is 21.3 Å². The number of benzene rings is 2. The van der Waals surface area contributed by atoms with Gasteiger partial charge in [0.05, 0.1) is 0 Å². The first kappa shape index (κ1) is 31.1. The summed E-state index contributed by atoms with van der Waals surface area (Å²) in [6.45, 7) is -0.219. The molecule has 2 aromatic heterocycles. The number of nitrogens with zero attached hydrogens (tertiary/aromatic N) is 2. The van der Waals surface area contributed by atoms with Crippen molar-refractivity contribution in [2.45, 2.75) is 25.9 Å². The molecule has 15 heteroatoms. The predicted octanol–water partition coefficient (Wildman–Crippen LogP) is -0.773. The Labute approximate surface area is 248 Å². The molecule has 0 saturated heterocycles. The molecule has 226 valence electrons. The third kappa shape index (κ3) is 7.70. The monoisotopic (exact) mass is 710 g/mol. The van der Waals surface area contributed by atoms with Crippen molar-refractivity contribution in [2.24, 2.45) is 0 Å². The molecule has 0 aliphatic carbocycles. The van der Waals surface area contributed by atoms with Crippen LogP contribution in [0.2, 0.25) is 0 Å². The molecule has 0 bridgehead atoms. The first-order valence-electron chi connectivity index (χ1n) is 12.8. The number of aromatic nitrogens is 4. The van der Waals surface area contributed by atoms with E-state index < -0.39 is 53.4 Å². The average molecular weight is 708 g/mol. The number of rotatable bonds is 12. The molecule has 0 unspecified atom stereocenters. The van der Waals surface area contributed by atoms with Gasteiger partial charge < -0.3 is 0 Å². The molecule has 0 spiro atoms. The number of H-pyrrole nitrogens is 2. The van der Waals surface area contributed by atoms with Crippen molar-refractivity contribution in [3.05, 3.63) is 115 Å². The van der Waals surface area contributed by atoms with Crippen molar-refractivity contribution in [1.29, 1.82) is 0 Å². The normalized spacial score (nSPS) is 11.4. The van der Waals surface area contributed by atoms with E-state index in [2.05, 4.69) is 9.97 Å². The molecule has 2 N–H and O–H groups in total. The Bertz CT molecular complexity index is 1690. The summed E-state index contributed by atoms with van der Waals surface area (Å²) in [6.07, 6.45) is 1.95. The van der Waals surface area contributed by atoms with Gasteiger partial charge in [0, 0.05) is 0 Å². The molecule has 0 aliphatic heterocycles.